The summed E-state index contributed by atoms with van der Waals surface area (Å²) in [6, 6.07) is 12.5. The zero-order valence-corrected chi connectivity index (χ0v) is 10.7. The van der Waals surface area contributed by atoms with E-state index in [4.69, 9.17) is 0 Å². The highest BCUT2D eigenvalue weighted by Gasteiger charge is 2.32. The number of ether oxygens (including phenoxy) is 1. The van der Waals surface area contributed by atoms with Gasteiger partial charge in [0.25, 0.3) is 0 Å². The molecule has 0 aromatic heterocycles. The van der Waals surface area contributed by atoms with E-state index >= 15 is 0 Å². The first kappa shape index (κ1) is 14.4. The molecule has 2 aromatic carbocycles. The van der Waals surface area contributed by atoms with Gasteiger partial charge in [-0.05, 0) is 18.6 Å². The Hall–Kier alpha value is -2.01. The molecule has 0 fully saturated rings. The van der Waals surface area contributed by atoms with Gasteiger partial charge in [-0.15, -0.1) is 13.2 Å². The summed E-state index contributed by atoms with van der Waals surface area (Å²) in [6.45, 7) is 1.84. The summed E-state index contributed by atoms with van der Waals surface area (Å²) in [6.07, 6.45) is -5.96. The van der Waals surface area contributed by atoms with E-state index in [-0.39, 0.29) is 5.56 Å². The Morgan fingerprint density at radius 1 is 1.05 bits per heavy atom. The third kappa shape index (κ3) is 3.51. The van der Waals surface area contributed by atoms with Crippen molar-refractivity contribution in [1.29, 1.82) is 0 Å². The van der Waals surface area contributed by atoms with Crippen molar-refractivity contribution in [2.24, 2.45) is 0 Å². The van der Waals surface area contributed by atoms with Crippen LogP contribution in [0.4, 0.5) is 13.2 Å². The molecule has 1 unspecified atom stereocenters. The Labute approximate surface area is 114 Å². The van der Waals surface area contributed by atoms with E-state index in [1.807, 2.05) is 13.0 Å². The van der Waals surface area contributed by atoms with Crippen LogP contribution in [0, 0.1) is 6.92 Å². The number of halogens is 3. The lowest BCUT2D eigenvalue weighted by atomic mass is 9.99. The molecule has 0 saturated carbocycles. The van der Waals surface area contributed by atoms with Crippen LogP contribution in [-0.4, -0.2) is 11.5 Å². The van der Waals surface area contributed by atoms with Gasteiger partial charge in [0.1, 0.15) is 11.9 Å². The standard InChI is InChI=1S/C15H13F3O2/c1-10-5-4-6-11(9-10)14(19)12-7-2-3-8-13(12)20-15(16,17)18/h2-9,14,19H,1H3. The Balaban J connectivity index is 2.37. The maximum atomic E-state index is 12.3. The first-order valence-corrected chi connectivity index (χ1v) is 5.96. The Bertz CT molecular complexity index is 594. The van der Waals surface area contributed by atoms with Crippen molar-refractivity contribution in [2.45, 2.75) is 19.4 Å². The van der Waals surface area contributed by atoms with E-state index in [0.717, 1.165) is 5.56 Å². The van der Waals surface area contributed by atoms with Gasteiger partial charge in [-0.3, -0.25) is 0 Å². The molecule has 0 radical (unpaired) electrons. The molecule has 2 nitrogen and oxygen atoms in total. The van der Waals surface area contributed by atoms with E-state index in [1.165, 1.54) is 18.2 Å². The summed E-state index contributed by atoms with van der Waals surface area (Å²) < 4.78 is 41.0. The Morgan fingerprint density at radius 2 is 1.75 bits per heavy atom. The first-order chi connectivity index (χ1) is 9.37. The number of aliphatic hydroxyl groups is 1. The van der Waals surface area contributed by atoms with Crippen LogP contribution < -0.4 is 4.74 Å². The minimum Gasteiger partial charge on any atom is -0.405 e. The molecule has 0 aliphatic heterocycles. The first-order valence-electron chi connectivity index (χ1n) is 5.96. The van der Waals surface area contributed by atoms with E-state index in [9.17, 15) is 18.3 Å². The number of hydrogen-bond acceptors (Lipinski definition) is 2. The lowest BCUT2D eigenvalue weighted by molar-refractivity contribution is -0.275. The number of alkyl halides is 3. The van der Waals surface area contributed by atoms with Crippen LogP contribution in [0.15, 0.2) is 48.5 Å². The molecule has 5 heteroatoms. The van der Waals surface area contributed by atoms with Crippen LogP contribution in [-0.2, 0) is 0 Å². The molecule has 0 spiro atoms. The van der Waals surface area contributed by atoms with Gasteiger partial charge in [0.15, 0.2) is 0 Å². The van der Waals surface area contributed by atoms with Crippen molar-refractivity contribution < 1.29 is 23.0 Å². The fourth-order valence-corrected chi connectivity index (χ4v) is 1.94. The van der Waals surface area contributed by atoms with Gasteiger partial charge in [-0.25, -0.2) is 0 Å². The number of rotatable bonds is 3. The molecule has 106 valence electrons. The van der Waals surface area contributed by atoms with Crippen molar-refractivity contribution >= 4 is 0 Å². The van der Waals surface area contributed by atoms with Crippen LogP contribution in [0.3, 0.4) is 0 Å². The molecule has 0 heterocycles. The number of para-hydroxylation sites is 1. The number of aliphatic hydroxyl groups excluding tert-OH is 1. The molecule has 1 atom stereocenters. The summed E-state index contributed by atoms with van der Waals surface area (Å²) in [7, 11) is 0. The lowest BCUT2D eigenvalue weighted by Crippen LogP contribution is -2.18. The molecule has 20 heavy (non-hydrogen) atoms. The normalized spacial score (nSPS) is 13.1. The van der Waals surface area contributed by atoms with Gasteiger partial charge in [-0.2, -0.15) is 0 Å². The minimum absolute atomic E-state index is 0.0791. The van der Waals surface area contributed by atoms with Gasteiger partial charge in [0.2, 0.25) is 0 Å². The summed E-state index contributed by atoms with van der Waals surface area (Å²) in [5.74, 6) is -0.394. The van der Waals surface area contributed by atoms with Crippen LogP contribution in [0.1, 0.15) is 22.8 Å². The van der Waals surface area contributed by atoms with Crippen LogP contribution in [0.5, 0.6) is 5.75 Å². The molecule has 2 aromatic rings. The van der Waals surface area contributed by atoms with E-state index in [0.29, 0.717) is 5.56 Å². The summed E-state index contributed by atoms with van der Waals surface area (Å²) in [5.41, 5.74) is 1.51. The zero-order chi connectivity index (χ0) is 14.8. The minimum atomic E-state index is -4.79. The van der Waals surface area contributed by atoms with Gasteiger partial charge >= 0.3 is 6.36 Å². The van der Waals surface area contributed by atoms with Gasteiger partial charge in [0, 0.05) is 5.56 Å². The maximum absolute atomic E-state index is 12.3. The molecular formula is C15H13F3O2. The smallest absolute Gasteiger partial charge is 0.405 e. The predicted molar refractivity (Wildman–Crippen MR) is 68.4 cm³/mol. The highest BCUT2D eigenvalue weighted by molar-refractivity contribution is 5.41. The molecular weight excluding hydrogens is 269 g/mol. The maximum Gasteiger partial charge on any atom is 0.573 e. The second kappa shape index (κ2) is 5.54. The SMILES string of the molecule is Cc1cccc(C(O)c2ccccc2OC(F)(F)F)c1. The van der Waals surface area contributed by atoms with E-state index < -0.39 is 18.2 Å². The van der Waals surface area contributed by atoms with Gasteiger partial charge in [-0.1, -0.05) is 48.0 Å². The van der Waals surface area contributed by atoms with Crippen LogP contribution >= 0.6 is 0 Å². The third-order valence-electron chi connectivity index (χ3n) is 2.80. The van der Waals surface area contributed by atoms with Crippen molar-refractivity contribution in [3.8, 4) is 5.75 Å². The molecule has 2 rings (SSSR count). The van der Waals surface area contributed by atoms with Crippen LogP contribution in [0.25, 0.3) is 0 Å². The largest absolute Gasteiger partial charge is 0.573 e. The average molecular weight is 282 g/mol. The van der Waals surface area contributed by atoms with Crippen molar-refractivity contribution in [3.05, 3.63) is 65.2 Å². The quantitative estimate of drug-likeness (QED) is 0.922. The van der Waals surface area contributed by atoms with E-state index in [2.05, 4.69) is 4.74 Å². The molecule has 0 aliphatic rings. The average Bonchev–Trinajstić information content (AvgIpc) is 2.37. The second-order valence-electron chi connectivity index (χ2n) is 4.40. The van der Waals surface area contributed by atoms with Gasteiger partial charge < -0.3 is 9.84 Å². The van der Waals surface area contributed by atoms with Crippen molar-refractivity contribution in [3.63, 3.8) is 0 Å². The fraction of sp³-hybridized carbons (Fsp3) is 0.200. The third-order valence-corrected chi connectivity index (χ3v) is 2.80. The Kier molecular flexibility index (Phi) is 3.99. The fourth-order valence-electron chi connectivity index (χ4n) is 1.94. The number of hydrogen-bond donors (Lipinski definition) is 1. The highest BCUT2D eigenvalue weighted by atomic mass is 19.4. The Morgan fingerprint density at radius 3 is 2.40 bits per heavy atom. The monoisotopic (exact) mass is 282 g/mol. The lowest BCUT2D eigenvalue weighted by Gasteiger charge is -2.17. The summed E-state index contributed by atoms with van der Waals surface area (Å²) >= 11 is 0. The zero-order valence-electron chi connectivity index (χ0n) is 10.7. The molecule has 0 saturated heterocycles. The van der Waals surface area contributed by atoms with Crippen molar-refractivity contribution in [1.82, 2.24) is 0 Å². The summed E-state index contributed by atoms with van der Waals surface area (Å²) in [4.78, 5) is 0. The summed E-state index contributed by atoms with van der Waals surface area (Å²) in [5, 5.41) is 10.2. The second-order valence-corrected chi connectivity index (χ2v) is 4.40. The molecule has 0 bridgehead atoms. The molecule has 1 N–H and O–H groups in total. The topological polar surface area (TPSA) is 29.5 Å². The number of benzene rings is 2. The number of aryl methyl sites for hydroxylation is 1. The van der Waals surface area contributed by atoms with Gasteiger partial charge in [0.05, 0.1) is 0 Å². The van der Waals surface area contributed by atoms with Crippen LogP contribution in [0.2, 0.25) is 0 Å². The molecule has 0 amide bonds. The predicted octanol–water partition coefficient (Wildman–Crippen LogP) is 3.98. The molecule has 0 aliphatic carbocycles. The highest BCUT2D eigenvalue weighted by Crippen LogP contribution is 2.33. The van der Waals surface area contributed by atoms with Crippen molar-refractivity contribution in [2.75, 3.05) is 0 Å². The van der Waals surface area contributed by atoms with E-state index in [1.54, 1.807) is 24.3 Å².